The third-order valence-electron chi connectivity index (χ3n) is 6.88. The van der Waals surface area contributed by atoms with Gasteiger partial charge in [-0.05, 0) is 70.8 Å². The minimum absolute atomic E-state index is 0.00501. The second kappa shape index (κ2) is 11.2. The molecule has 8 nitrogen and oxygen atoms in total. The fourth-order valence-corrected chi connectivity index (χ4v) is 5.03. The Balaban J connectivity index is 1.61. The summed E-state index contributed by atoms with van der Waals surface area (Å²) in [5, 5.41) is 2.94. The maximum Gasteiger partial charge on any atom is 0.258 e. The normalized spacial score (nSPS) is 21.0. The molecule has 8 heteroatoms. The highest BCUT2D eigenvalue weighted by molar-refractivity contribution is 6.07. The molecule has 1 saturated heterocycles. The van der Waals surface area contributed by atoms with Crippen LogP contribution in [0.25, 0.3) is 0 Å². The van der Waals surface area contributed by atoms with Crippen molar-refractivity contribution >= 4 is 17.5 Å². The summed E-state index contributed by atoms with van der Waals surface area (Å²) in [4.78, 5) is 34.7. The van der Waals surface area contributed by atoms with E-state index in [4.69, 9.17) is 9.47 Å². The summed E-state index contributed by atoms with van der Waals surface area (Å²) in [6.45, 7) is 9.36. The van der Waals surface area contributed by atoms with Gasteiger partial charge < -0.3 is 24.6 Å². The third-order valence-corrected chi connectivity index (χ3v) is 6.88. The highest BCUT2D eigenvalue weighted by Gasteiger charge is 2.38. The molecule has 1 aromatic carbocycles. The van der Waals surface area contributed by atoms with Crippen LogP contribution in [0.3, 0.4) is 0 Å². The molecule has 0 aliphatic carbocycles. The number of carbonyl (C=O) groups is 2. The minimum atomic E-state index is -0.275. The Labute approximate surface area is 207 Å². The number of nitrogens with zero attached hydrogens (tertiary/aromatic N) is 3. The molecular formula is C27H36N4O4. The highest BCUT2D eigenvalue weighted by atomic mass is 16.5. The number of carbonyl (C=O) groups excluding carboxylic acids is 2. The quantitative estimate of drug-likeness (QED) is 0.651. The van der Waals surface area contributed by atoms with Gasteiger partial charge in [0, 0.05) is 50.3 Å². The van der Waals surface area contributed by atoms with Crippen molar-refractivity contribution in [2.24, 2.45) is 5.92 Å². The summed E-state index contributed by atoms with van der Waals surface area (Å²) in [6, 6.07) is 8.50. The first-order valence-corrected chi connectivity index (χ1v) is 12.4. The average Bonchev–Trinajstić information content (AvgIpc) is 2.95. The number of benzene rings is 1. The largest absolute Gasteiger partial charge is 0.484 e. The number of anilines is 1. The topological polar surface area (TPSA) is 84.0 Å². The second-order valence-electron chi connectivity index (χ2n) is 9.85. The predicted octanol–water partition coefficient (Wildman–Crippen LogP) is 3.69. The molecule has 1 fully saturated rings. The molecular weight excluding hydrogens is 444 g/mol. The van der Waals surface area contributed by atoms with E-state index in [1.807, 2.05) is 25.7 Å². The molecule has 2 aliphatic heterocycles. The van der Waals surface area contributed by atoms with Crippen molar-refractivity contribution in [2.45, 2.75) is 51.8 Å². The SMILES string of the molecule is CC(C)N1C(=O)c2cccc(NC(=O)c3ccncc3)c2O[C@H](CN(C)CC2CCOCC2)[C@H]1C. The fourth-order valence-electron chi connectivity index (χ4n) is 5.03. The van der Waals surface area contributed by atoms with Crippen LogP contribution in [0.4, 0.5) is 5.69 Å². The van der Waals surface area contributed by atoms with Crippen LogP contribution in [-0.4, -0.2) is 78.1 Å². The first-order chi connectivity index (χ1) is 16.8. The predicted molar refractivity (Wildman–Crippen MR) is 135 cm³/mol. The number of rotatable bonds is 7. The van der Waals surface area contributed by atoms with Crippen LogP contribution in [0.5, 0.6) is 5.75 Å². The van der Waals surface area contributed by atoms with Crippen molar-refractivity contribution < 1.29 is 19.1 Å². The maximum atomic E-state index is 13.6. The van der Waals surface area contributed by atoms with Crippen molar-refractivity contribution in [1.29, 1.82) is 0 Å². The van der Waals surface area contributed by atoms with Crippen LogP contribution in [0.1, 0.15) is 54.3 Å². The van der Waals surface area contributed by atoms with E-state index in [9.17, 15) is 9.59 Å². The Hall–Kier alpha value is -2.97. The monoisotopic (exact) mass is 480 g/mol. The molecule has 188 valence electrons. The molecule has 2 aliphatic rings. The Morgan fingerprint density at radius 2 is 1.89 bits per heavy atom. The summed E-state index contributed by atoms with van der Waals surface area (Å²) in [7, 11) is 2.11. The van der Waals surface area contributed by atoms with Crippen LogP contribution in [0.2, 0.25) is 0 Å². The molecule has 1 N–H and O–H groups in total. The molecule has 0 radical (unpaired) electrons. The lowest BCUT2D eigenvalue weighted by atomic mass is 9.99. The lowest BCUT2D eigenvalue weighted by Gasteiger charge is -2.37. The van der Waals surface area contributed by atoms with Gasteiger partial charge in [0.1, 0.15) is 6.10 Å². The molecule has 2 atom stereocenters. The zero-order valence-electron chi connectivity index (χ0n) is 21.1. The van der Waals surface area contributed by atoms with E-state index in [2.05, 4.69) is 22.2 Å². The van der Waals surface area contributed by atoms with Crippen molar-refractivity contribution in [2.75, 3.05) is 38.7 Å². The molecule has 1 aromatic heterocycles. The number of aromatic nitrogens is 1. The Kier molecular flexibility index (Phi) is 8.03. The van der Waals surface area contributed by atoms with Gasteiger partial charge in [-0.1, -0.05) is 6.07 Å². The lowest BCUT2D eigenvalue weighted by molar-refractivity contribution is 0.0282. The van der Waals surface area contributed by atoms with Gasteiger partial charge in [-0.2, -0.15) is 0 Å². The van der Waals surface area contributed by atoms with Crippen LogP contribution in [-0.2, 0) is 4.74 Å². The molecule has 35 heavy (non-hydrogen) atoms. The van der Waals surface area contributed by atoms with Crippen molar-refractivity contribution in [3.05, 3.63) is 53.9 Å². The van der Waals surface area contributed by atoms with Crippen molar-refractivity contribution in [3.8, 4) is 5.75 Å². The lowest BCUT2D eigenvalue weighted by Crippen LogP contribution is -2.52. The third kappa shape index (κ3) is 5.82. The molecule has 0 spiro atoms. The van der Waals surface area contributed by atoms with E-state index in [1.54, 1.807) is 42.7 Å². The van der Waals surface area contributed by atoms with E-state index in [0.717, 1.165) is 32.6 Å². The molecule has 3 heterocycles. The van der Waals surface area contributed by atoms with Crippen LogP contribution < -0.4 is 10.1 Å². The Morgan fingerprint density at radius 1 is 1.17 bits per heavy atom. The number of hydrogen-bond donors (Lipinski definition) is 1. The first-order valence-electron chi connectivity index (χ1n) is 12.4. The molecule has 0 saturated carbocycles. The number of pyridine rings is 1. The van der Waals surface area contributed by atoms with Gasteiger partial charge in [0.25, 0.3) is 11.8 Å². The average molecular weight is 481 g/mol. The summed E-state index contributed by atoms with van der Waals surface area (Å²) >= 11 is 0. The fraction of sp³-hybridized carbons (Fsp3) is 0.519. The standard InChI is InChI=1S/C27H36N4O4/c1-18(2)31-19(3)24(17-30(4)16-20-10-14-34-15-11-20)35-25-22(27(31)33)6-5-7-23(25)29-26(32)21-8-12-28-13-9-21/h5-9,12-13,18-20,24H,10-11,14-17H2,1-4H3,(H,29,32)/t19-,24-/m1/s1. The summed E-state index contributed by atoms with van der Waals surface area (Å²) in [5.41, 5.74) is 1.45. The number of ether oxygens (including phenoxy) is 2. The van der Waals surface area contributed by atoms with E-state index in [1.165, 1.54) is 0 Å². The molecule has 0 bridgehead atoms. The molecule has 4 rings (SSSR count). The zero-order valence-corrected chi connectivity index (χ0v) is 21.1. The summed E-state index contributed by atoms with van der Waals surface area (Å²) in [6.07, 6.45) is 5.03. The Morgan fingerprint density at radius 3 is 2.57 bits per heavy atom. The van der Waals surface area contributed by atoms with Crippen molar-refractivity contribution in [1.82, 2.24) is 14.8 Å². The second-order valence-corrected chi connectivity index (χ2v) is 9.85. The van der Waals surface area contributed by atoms with Gasteiger partial charge in [-0.15, -0.1) is 0 Å². The highest BCUT2D eigenvalue weighted by Crippen LogP contribution is 2.36. The van der Waals surface area contributed by atoms with Crippen LogP contribution in [0, 0.1) is 5.92 Å². The zero-order chi connectivity index (χ0) is 24.9. The number of hydrogen-bond acceptors (Lipinski definition) is 6. The van der Waals surface area contributed by atoms with Gasteiger partial charge >= 0.3 is 0 Å². The van der Waals surface area contributed by atoms with Gasteiger partial charge in [-0.3, -0.25) is 14.6 Å². The van der Waals surface area contributed by atoms with E-state index >= 15 is 0 Å². The summed E-state index contributed by atoms with van der Waals surface area (Å²) < 4.78 is 12.1. The van der Waals surface area contributed by atoms with Crippen molar-refractivity contribution in [3.63, 3.8) is 0 Å². The van der Waals surface area contributed by atoms with E-state index in [0.29, 0.717) is 35.0 Å². The van der Waals surface area contributed by atoms with Gasteiger partial charge in [0.05, 0.1) is 17.3 Å². The minimum Gasteiger partial charge on any atom is -0.484 e. The van der Waals surface area contributed by atoms with Crippen LogP contribution >= 0.6 is 0 Å². The molecule has 2 aromatic rings. The number of likely N-dealkylation sites (N-methyl/N-ethyl adjacent to an activating group) is 1. The number of para-hydroxylation sites is 1. The number of nitrogens with one attached hydrogen (secondary N) is 1. The molecule has 0 unspecified atom stereocenters. The maximum absolute atomic E-state index is 13.6. The first kappa shape index (κ1) is 25.1. The number of fused-ring (bicyclic) bond motifs is 1. The smallest absolute Gasteiger partial charge is 0.258 e. The van der Waals surface area contributed by atoms with E-state index in [-0.39, 0.29) is 30.0 Å². The number of amides is 2. The van der Waals surface area contributed by atoms with Gasteiger partial charge in [0.2, 0.25) is 0 Å². The van der Waals surface area contributed by atoms with E-state index < -0.39 is 0 Å². The summed E-state index contributed by atoms with van der Waals surface area (Å²) in [5.74, 6) is 0.666. The van der Waals surface area contributed by atoms with Gasteiger partial charge in [0.15, 0.2) is 5.75 Å². The Bertz CT molecular complexity index is 1020. The molecule has 2 amide bonds. The van der Waals surface area contributed by atoms with Crippen LogP contribution in [0.15, 0.2) is 42.7 Å². The van der Waals surface area contributed by atoms with Gasteiger partial charge in [-0.25, -0.2) is 0 Å².